The smallest absolute Gasteiger partial charge is 0.263 e. The highest BCUT2D eigenvalue weighted by molar-refractivity contribution is 5.93. The van der Waals surface area contributed by atoms with Gasteiger partial charge in [0, 0.05) is 51.8 Å². The molecule has 1 aliphatic carbocycles. The van der Waals surface area contributed by atoms with E-state index in [4.69, 9.17) is 0 Å². The van der Waals surface area contributed by atoms with Gasteiger partial charge in [-0.05, 0) is 25.0 Å². The third kappa shape index (κ3) is 3.23. The van der Waals surface area contributed by atoms with Gasteiger partial charge in [0.25, 0.3) is 11.5 Å². The van der Waals surface area contributed by atoms with E-state index in [9.17, 15) is 14.4 Å². The first-order chi connectivity index (χ1) is 11.5. The average Bonchev–Trinajstić information content (AvgIpc) is 3.19. The van der Waals surface area contributed by atoms with Gasteiger partial charge in [0.1, 0.15) is 5.56 Å². The molecule has 1 atom stereocenters. The Morgan fingerprint density at radius 1 is 1.29 bits per heavy atom. The van der Waals surface area contributed by atoms with Gasteiger partial charge in [-0.15, -0.1) is 0 Å². The van der Waals surface area contributed by atoms with Gasteiger partial charge in [0.15, 0.2) is 0 Å². The van der Waals surface area contributed by atoms with Crippen molar-refractivity contribution in [2.45, 2.75) is 38.1 Å². The molecule has 6 heteroatoms. The Labute approximate surface area is 142 Å². The molecule has 2 amide bonds. The van der Waals surface area contributed by atoms with E-state index in [1.54, 1.807) is 37.3 Å². The van der Waals surface area contributed by atoms with Crippen LogP contribution in [-0.2, 0) is 11.8 Å². The zero-order chi connectivity index (χ0) is 17.3. The number of aryl methyl sites for hydroxylation is 1. The van der Waals surface area contributed by atoms with Crippen molar-refractivity contribution in [3.8, 4) is 0 Å². The summed E-state index contributed by atoms with van der Waals surface area (Å²) in [6, 6.07) is 3.65. The van der Waals surface area contributed by atoms with Crippen molar-refractivity contribution in [3.05, 3.63) is 34.2 Å². The van der Waals surface area contributed by atoms with E-state index in [0.29, 0.717) is 19.0 Å². The van der Waals surface area contributed by atoms with E-state index >= 15 is 0 Å². The van der Waals surface area contributed by atoms with Crippen molar-refractivity contribution in [2.24, 2.45) is 13.0 Å². The van der Waals surface area contributed by atoms with Crippen LogP contribution in [0.15, 0.2) is 23.1 Å². The number of carbonyl (C=O) groups excluding carboxylic acids is 2. The molecular formula is C18H25N3O3. The molecule has 3 rings (SSSR count). The molecule has 1 aromatic rings. The summed E-state index contributed by atoms with van der Waals surface area (Å²) in [7, 11) is 3.34. The van der Waals surface area contributed by atoms with Gasteiger partial charge in [0.2, 0.25) is 5.91 Å². The fourth-order valence-electron chi connectivity index (χ4n) is 3.94. The second kappa shape index (κ2) is 6.79. The van der Waals surface area contributed by atoms with Crippen molar-refractivity contribution < 1.29 is 9.59 Å². The number of hydrogen-bond acceptors (Lipinski definition) is 3. The van der Waals surface area contributed by atoms with Crippen molar-refractivity contribution in [1.29, 1.82) is 0 Å². The van der Waals surface area contributed by atoms with E-state index in [1.165, 1.54) is 17.4 Å². The Morgan fingerprint density at radius 3 is 2.71 bits per heavy atom. The molecular weight excluding hydrogens is 306 g/mol. The number of pyridine rings is 1. The zero-order valence-corrected chi connectivity index (χ0v) is 14.4. The highest BCUT2D eigenvalue weighted by Gasteiger charge is 2.36. The highest BCUT2D eigenvalue weighted by atomic mass is 16.2. The number of aromatic nitrogens is 1. The first-order valence-corrected chi connectivity index (χ1v) is 8.68. The van der Waals surface area contributed by atoms with Crippen LogP contribution in [0.2, 0.25) is 0 Å². The van der Waals surface area contributed by atoms with Crippen molar-refractivity contribution in [3.63, 3.8) is 0 Å². The molecule has 1 aromatic heterocycles. The van der Waals surface area contributed by atoms with E-state index in [1.807, 2.05) is 4.90 Å². The Hall–Kier alpha value is -2.11. The quantitative estimate of drug-likeness (QED) is 0.834. The molecule has 1 unspecified atom stereocenters. The molecule has 1 saturated heterocycles. The van der Waals surface area contributed by atoms with Crippen LogP contribution in [0, 0.1) is 5.92 Å². The van der Waals surface area contributed by atoms with Crippen molar-refractivity contribution >= 4 is 11.8 Å². The Kier molecular flexibility index (Phi) is 4.73. The minimum atomic E-state index is -0.288. The number of amides is 2. The topological polar surface area (TPSA) is 62.6 Å². The summed E-state index contributed by atoms with van der Waals surface area (Å²) in [4.78, 5) is 40.5. The van der Waals surface area contributed by atoms with Gasteiger partial charge in [-0.3, -0.25) is 14.4 Å². The molecule has 2 aliphatic rings. The Bertz CT molecular complexity index is 691. The zero-order valence-electron chi connectivity index (χ0n) is 14.4. The van der Waals surface area contributed by atoms with Gasteiger partial charge < -0.3 is 14.4 Å². The first-order valence-electron chi connectivity index (χ1n) is 8.68. The number of hydrogen-bond donors (Lipinski definition) is 0. The summed E-state index contributed by atoms with van der Waals surface area (Å²) < 4.78 is 1.40. The van der Waals surface area contributed by atoms with E-state index < -0.39 is 0 Å². The normalized spacial score (nSPS) is 21.5. The molecule has 2 heterocycles. The number of rotatable bonds is 4. The lowest BCUT2D eigenvalue weighted by atomic mass is 10.1. The van der Waals surface area contributed by atoms with Crippen LogP contribution in [0.1, 0.15) is 42.5 Å². The second-order valence-corrected chi connectivity index (χ2v) is 7.08. The second-order valence-electron chi connectivity index (χ2n) is 7.08. The molecule has 130 valence electrons. The summed E-state index contributed by atoms with van der Waals surface area (Å²) >= 11 is 0. The number of carbonyl (C=O) groups is 2. The molecule has 1 saturated carbocycles. The molecule has 0 N–H and O–H groups in total. The van der Waals surface area contributed by atoms with Gasteiger partial charge in [-0.25, -0.2) is 0 Å². The van der Waals surface area contributed by atoms with Crippen LogP contribution in [0.3, 0.4) is 0 Å². The standard InChI is InChI=1S/C18H25N3O3/c1-19-9-5-8-15(17(19)23)18(24)20(2)11-13-10-16(22)21(12-13)14-6-3-4-7-14/h5,8-9,13-14H,3-4,6-7,10-12H2,1-2H3. The maximum atomic E-state index is 12.5. The first kappa shape index (κ1) is 16.7. The summed E-state index contributed by atoms with van der Waals surface area (Å²) in [6.07, 6.45) is 6.75. The molecule has 2 fully saturated rings. The fourth-order valence-corrected chi connectivity index (χ4v) is 3.94. The minimum Gasteiger partial charge on any atom is -0.341 e. The molecule has 0 spiro atoms. The summed E-state index contributed by atoms with van der Waals surface area (Å²) in [5.74, 6) is 0.0888. The molecule has 0 radical (unpaired) electrons. The Morgan fingerprint density at radius 2 is 2.00 bits per heavy atom. The average molecular weight is 331 g/mol. The van der Waals surface area contributed by atoms with E-state index in [0.717, 1.165) is 19.4 Å². The maximum absolute atomic E-state index is 12.5. The lowest BCUT2D eigenvalue weighted by molar-refractivity contribution is -0.129. The number of nitrogens with zero attached hydrogens (tertiary/aromatic N) is 3. The van der Waals surface area contributed by atoms with E-state index in [-0.39, 0.29) is 28.9 Å². The van der Waals surface area contributed by atoms with Gasteiger partial charge in [0.05, 0.1) is 0 Å². The predicted molar refractivity (Wildman–Crippen MR) is 90.7 cm³/mol. The predicted octanol–water partition coefficient (Wildman–Crippen LogP) is 1.25. The summed E-state index contributed by atoms with van der Waals surface area (Å²) in [6.45, 7) is 1.24. The van der Waals surface area contributed by atoms with Gasteiger partial charge in [-0.1, -0.05) is 12.8 Å². The van der Waals surface area contributed by atoms with Gasteiger partial charge in [-0.2, -0.15) is 0 Å². The van der Waals surface area contributed by atoms with Crippen LogP contribution in [0.4, 0.5) is 0 Å². The molecule has 0 aromatic carbocycles. The van der Waals surface area contributed by atoms with Crippen LogP contribution in [-0.4, -0.2) is 52.4 Å². The SMILES string of the molecule is CN(CC1CC(=O)N(C2CCCC2)C1)C(=O)c1cccn(C)c1=O. The largest absolute Gasteiger partial charge is 0.341 e. The lowest BCUT2D eigenvalue weighted by Gasteiger charge is -2.25. The fraction of sp³-hybridized carbons (Fsp3) is 0.611. The van der Waals surface area contributed by atoms with Crippen molar-refractivity contribution in [1.82, 2.24) is 14.4 Å². The monoisotopic (exact) mass is 331 g/mol. The minimum absolute atomic E-state index is 0.152. The third-order valence-corrected chi connectivity index (χ3v) is 5.24. The molecule has 1 aliphatic heterocycles. The van der Waals surface area contributed by atoms with Crippen LogP contribution in [0.25, 0.3) is 0 Å². The molecule has 24 heavy (non-hydrogen) atoms. The maximum Gasteiger partial charge on any atom is 0.263 e. The van der Waals surface area contributed by atoms with Crippen LogP contribution in [0.5, 0.6) is 0 Å². The molecule has 6 nitrogen and oxygen atoms in total. The summed E-state index contributed by atoms with van der Waals surface area (Å²) in [5.41, 5.74) is -0.107. The highest BCUT2D eigenvalue weighted by Crippen LogP contribution is 2.29. The molecule has 0 bridgehead atoms. The van der Waals surface area contributed by atoms with Crippen LogP contribution >= 0.6 is 0 Å². The Balaban J connectivity index is 1.63. The lowest BCUT2D eigenvalue weighted by Crippen LogP contribution is -2.38. The third-order valence-electron chi connectivity index (χ3n) is 5.24. The van der Waals surface area contributed by atoms with Crippen LogP contribution < -0.4 is 5.56 Å². The summed E-state index contributed by atoms with van der Waals surface area (Å²) in [5, 5.41) is 0. The van der Waals surface area contributed by atoms with Gasteiger partial charge >= 0.3 is 0 Å². The number of likely N-dealkylation sites (tertiary alicyclic amines) is 1. The van der Waals surface area contributed by atoms with Crippen molar-refractivity contribution in [2.75, 3.05) is 20.1 Å². The van der Waals surface area contributed by atoms with E-state index in [2.05, 4.69) is 0 Å².